The number of nitrogens with zero attached hydrogens (tertiary/aromatic N) is 2. The number of thioether (sulfide) groups is 1. The fourth-order valence-electron chi connectivity index (χ4n) is 2.43. The lowest BCUT2D eigenvalue weighted by Crippen LogP contribution is -2.46. The first-order valence-electron chi connectivity index (χ1n) is 7.69. The molecule has 1 fully saturated rings. The summed E-state index contributed by atoms with van der Waals surface area (Å²) in [6.07, 6.45) is 1.34. The lowest BCUT2D eigenvalue weighted by Gasteiger charge is -2.29. The van der Waals surface area contributed by atoms with Crippen molar-refractivity contribution in [1.82, 2.24) is 4.90 Å². The minimum absolute atomic E-state index is 0.0383. The summed E-state index contributed by atoms with van der Waals surface area (Å²) in [6, 6.07) is 1.40. The van der Waals surface area contributed by atoms with Gasteiger partial charge in [0.25, 0.3) is 0 Å². The van der Waals surface area contributed by atoms with Crippen LogP contribution in [0.15, 0.2) is 0 Å². The zero-order valence-corrected chi connectivity index (χ0v) is 14.9. The number of hydrogen-bond acceptors (Lipinski definition) is 6. The fraction of sp³-hybridized carbons (Fsp3) is 0.750. The van der Waals surface area contributed by atoms with Crippen LogP contribution in [0.2, 0.25) is 0 Å². The highest BCUT2D eigenvalue weighted by atomic mass is 32.2. The molecule has 1 rings (SSSR count). The monoisotopic (exact) mass is 340 g/mol. The lowest BCUT2D eigenvalue weighted by atomic mass is 10.1. The molecule has 1 saturated heterocycles. The molecule has 128 valence electrons. The number of carbonyl (C=O) groups excluding carboxylic acids is 3. The summed E-state index contributed by atoms with van der Waals surface area (Å²) in [5.74, 6) is -0.955. The first-order valence-corrected chi connectivity index (χ1v) is 8.68. The molecule has 0 aromatic rings. The van der Waals surface area contributed by atoms with Crippen molar-refractivity contribution in [1.29, 1.82) is 5.26 Å². The van der Waals surface area contributed by atoms with Gasteiger partial charge in [-0.25, -0.2) is 4.79 Å². The lowest BCUT2D eigenvalue weighted by molar-refractivity contribution is -0.163. The maximum atomic E-state index is 12.7. The molecule has 1 aliphatic rings. The zero-order chi connectivity index (χ0) is 17.6. The van der Waals surface area contributed by atoms with Crippen LogP contribution >= 0.6 is 11.8 Å². The highest BCUT2D eigenvalue weighted by Crippen LogP contribution is 2.25. The van der Waals surface area contributed by atoms with E-state index < -0.39 is 23.5 Å². The predicted octanol–water partition coefficient (Wildman–Crippen LogP) is 2.13. The Morgan fingerprint density at radius 1 is 1.39 bits per heavy atom. The van der Waals surface area contributed by atoms with Crippen molar-refractivity contribution in [3.63, 3.8) is 0 Å². The molecule has 0 aromatic carbocycles. The van der Waals surface area contributed by atoms with E-state index in [1.165, 1.54) is 11.8 Å². The van der Waals surface area contributed by atoms with Crippen LogP contribution in [0, 0.1) is 17.2 Å². The molecular formula is C16H24N2O4S. The molecular weight excluding hydrogens is 316 g/mol. The molecule has 23 heavy (non-hydrogen) atoms. The van der Waals surface area contributed by atoms with Crippen molar-refractivity contribution < 1.29 is 19.1 Å². The van der Waals surface area contributed by atoms with Crippen LogP contribution < -0.4 is 0 Å². The quantitative estimate of drug-likeness (QED) is 0.713. The van der Waals surface area contributed by atoms with E-state index in [2.05, 4.69) is 0 Å². The van der Waals surface area contributed by atoms with Gasteiger partial charge in [-0.2, -0.15) is 5.26 Å². The number of nitriles is 1. The molecule has 1 aliphatic heterocycles. The van der Waals surface area contributed by atoms with Gasteiger partial charge in [0.15, 0.2) is 5.12 Å². The highest BCUT2D eigenvalue weighted by molar-refractivity contribution is 8.13. The number of esters is 1. The van der Waals surface area contributed by atoms with Gasteiger partial charge in [0.1, 0.15) is 11.6 Å². The van der Waals surface area contributed by atoms with Crippen molar-refractivity contribution >= 4 is 28.8 Å². The number of likely N-dealkylation sites (tertiary alicyclic amines) is 1. The van der Waals surface area contributed by atoms with E-state index >= 15 is 0 Å². The third-order valence-corrected chi connectivity index (χ3v) is 4.37. The average Bonchev–Trinajstić information content (AvgIpc) is 2.90. The third kappa shape index (κ3) is 6.22. The van der Waals surface area contributed by atoms with Gasteiger partial charge in [0, 0.05) is 25.6 Å². The molecule has 0 aliphatic carbocycles. The van der Waals surface area contributed by atoms with Gasteiger partial charge in [-0.05, 0) is 33.6 Å². The summed E-state index contributed by atoms with van der Waals surface area (Å²) < 4.78 is 5.38. The molecule has 6 nitrogen and oxygen atoms in total. The molecule has 7 heteroatoms. The van der Waals surface area contributed by atoms with Gasteiger partial charge in [-0.3, -0.25) is 9.59 Å². The second-order valence-corrected chi connectivity index (χ2v) is 7.78. The fourth-order valence-corrected chi connectivity index (χ4v) is 3.12. The van der Waals surface area contributed by atoms with Gasteiger partial charge in [-0.1, -0.05) is 11.8 Å². The van der Waals surface area contributed by atoms with E-state index in [0.29, 0.717) is 13.0 Å². The van der Waals surface area contributed by atoms with Crippen LogP contribution in [0.3, 0.4) is 0 Å². The molecule has 1 amide bonds. The standard InChI is InChI=1S/C16H24N2O4S/c1-11(19)23-10-12(7-8-17)14(20)18-9-5-6-13(18)15(21)22-16(2,3)4/h12-13H,5-7,9-10H2,1-4H3/t12?,13-/m0/s1. The molecule has 0 radical (unpaired) electrons. The molecule has 0 N–H and O–H groups in total. The van der Waals surface area contributed by atoms with E-state index in [4.69, 9.17) is 10.00 Å². The van der Waals surface area contributed by atoms with Gasteiger partial charge in [-0.15, -0.1) is 0 Å². The summed E-state index contributed by atoms with van der Waals surface area (Å²) in [6.45, 7) is 7.27. The maximum absolute atomic E-state index is 12.7. The molecule has 0 spiro atoms. The van der Waals surface area contributed by atoms with Gasteiger partial charge >= 0.3 is 5.97 Å². The summed E-state index contributed by atoms with van der Waals surface area (Å²) in [5.41, 5.74) is -0.606. The van der Waals surface area contributed by atoms with Gasteiger partial charge in [0.2, 0.25) is 5.91 Å². The molecule has 0 saturated carbocycles. The highest BCUT2D eigenvalue weighted by Gasteiger charge is 2.39. The van der Waals surface area contributed by atoms with Crippen LogP contribution in [0.1, 0.15) is 47.0 Å². The van der Waals surface area contributed by atoms with Crippen LogP contribution in [-0.2, 0) is 19.1 Å². The second-order valence-electron chi connectivity index (χ2n) is 6.58. The van der Waals surface area contributed by atoms with Crippen LogP contribution in [-0.4, -0.2) is 45.8 Å². The number of ether oxygens (including phenoxy) is 1. The van der Waals surface area contributed by atoms with E-state index in [1.54, 1.807) is 20.8 Å². The van der Waals surface area contributed by atoms with Gasteiger partial charge < -0.3 is 9.64 Å². The Kier molecular flexibility index (Phi) is 7.07. The first kappa shape index (κ1) is 19.5. The summed E-state index contributed by atoms with van der Waals surface area (Å²) in [4.78, 5) is 37.6. The van der Waals surface area contributed by atoms with Crippen molar-refractivity contribution in [3.05, 3.63) is 0 Å². The number of hydrogen-bond donors (Lipinski definition) is 0. The number of amides is 1. The van der Waals surface area contributed by atoms with Crippen LogP contribution in [0.5, 0.6) is 0 Å². The van der Waals surface area contributed by atoms with Crippen LogP contribution in [0.25, 0.3) is 0 Å². The SMILES string of the molecule is CC(=O)SCC(CC#N)C(=O)N1CCC[C@H]1C(=O)OC(C)(C)C. The Hall–Kier alpha value is -1.55. The van der Waals surface area contributed by atoms with E-state index in [0.717, 1.165) is 18.2 Å². The smallest absolute Gasteiger partial charge is 0.329 e. The largest absolute Gasteiger partial charge is 0.458 e. The van der Waals surface area contributed by atoms with Crippen molar-refractivity contribution in [2.45, 2.75) is 58.6 Å². The minimum atomic E-state index is -0.606. The van der Waals surface area contributed by atoms with E-state index in [1.807, 2.05) is 6.07 Å². The Balaban J connectivity index is 2.80. The summed E-state index contributed by atoms with van der Waals surface area (Å²) in [7, 11) is 0. The Labute approximate surface area is 141 Å². The Bertz CT molecular complexity index is 507. The van der Waals surface area contributed by atoms with E-state index in [-0.39, 0.29) is 23.2 Å². The predicted molar refractivity (Wildman–Crippen MR) is 87.4 cm³/mol. The topological polar surface area (TPSA) is 87.5 Å². The normalized spacial score (nSPS) is 19.1. The van der Waals surface area contributed by atoms with Crippen LogP contribution in [0.4, 0.5) is 0 Å². The van der Waals surface area contributed by atoms with Gasteiger partial charge in [0.05, 0.1) is 12.0 Å². The number of rotatable bonds is 5. The first-order chi connectivity index (χ1) is 10.7. The third-order valence-electron chi connectivity index (χ3n) is 3.39. The zero-order valence-electron chi connectivity index (χ0n) is 14.1. The van der Waals surface area contributed by atoms with Crippen molar-refractivity contribution in [2.75, 3.05) is 12.3 Å². The average molecular weight is 340 g/mol. The second kappa shape index (κ2) is 8.34. The van der Waals surface area contributed by atoms with Crippen molar-refractivity contribution in [2.24, 2.45) is 5.92 Å². The van der Waals surface area contributed by atoms with E-state index in [9.17, 15) is 14.4 Å². The molecule has 0 bridgehead atoms. The molecule has 1 unspecified atom stereocenters. The Morgan fingerprint density at radius 2 is 2.04 bits per heavy atom. The molecule has 0 aromatic heterocycles. The molecule has 2 atom stereocenters. The minimum Gasteiger partial charge on any atom is -0.458 e. The van der Waals surface area contributed by atoms with Crippen molar-refractivity contribution in [3.8, 4) is 6.07 Å². The summed E-state index contributed by atoms with van der Waals surface area (Å²) >= 11 is 1.03. The molecule has 1 heterocycles. The summed E-state index contributed by atoms with van der Waals surface area (Å²) in [5, 5.41) is 8.82. The Morgan fingerprint density at radius 3 is 2.57 bits per heavy atom. The maximum Gasteiger partial charge on any atom is 0.329 e. The number of carbonyl (C=O) groups is 3.